The number of hydrogen-bond donors (Lipinski definition) is 2. The topological polar surface area (TPSA) is 38.0 Å². The Bertz CT molecular complexity index is 2020. The molecule has 2 nitrogen and oxygen atoms in total. The van der Waals surface area contributed by atoms with E-state index >= 15 is 0 Å². The summed E-state index contributed by atoms with van der Waals surface area (Å²) in [6.45, 7) is 0. The second-order valence-electron chi connectivity index (χ2n) is 10.4. The van der Waals surface area contributed by atoms with Crippen LogP contribution in [0.5, 0.6) is 0 Å². The average molecular weight is 515 g/mol. The zero-order valence-electron chi connectivity index (χ0n) is 22.2. The van der Waals surface area contributed by atoms with Gasteiger partial charge in [-0.1, -0.05) is 140 Å². The summed E-state index contributed by atoms with van der Waals surface area (Å²) in [6, 6.07) is 49.6. The maximum absolute atomic E-state index is 6.80. The Hall–Kier alpha value is -4.92. The van der Waals surface area contributed by atoms with Crippen LogP contribution < -0.4 is 11.1 Å². The minimum absolute atomic E-state index is 0.349. The first-order chi connectivity index (χ1) is 19.7. The maximum atomic E-state index is 6.80. The fourth-order valence-corrected chi connectivity index (χ4v) is 5.84. The minimum atomic E-state index is -0.349. The number of allylic oxidation sites excluding steroid dienone is 1. The summed E-state index contributed by atoms with van der Waals surface area (Å²) in [5.41, 5.74) is 11.3. The number of nitrogens with one attached hydrogen (secondary N) is 1. The van der Waals surface area contributed by atoms with Crippen molar-refractivity contribution in [2.75, 3.05) is 0 Å². The Morgan fingerprint density at radius 2 is 1.20 bits per heavy atom. The van der Waals surface area contributed by atoms with Crippen molar-refractivity contribution in [2.24, 2.45) is 5.73 Å². The van der Waals surface area contributed by atoms with Crippen LogP contribution in [0, 0.1) is 0 Å². The molecular formula is C38H30N2. The number of hydrogen-bond acceptors (Lipinski definition) is 2. The third-order valence-corrected chi connectivity index (χ3v) is 7.86. The number of nitrogens with two attached hydrogens (primary N) is 1. The van der Waals surface area contributed by atoms with E-state index in [1.54, 1.807) is 0 Å². The Kier molecular flexibility index (Phi) is 6.24. The number of rotatable bonds is 6. The highest BCUT2D eigenvalue weighted by Crippen LogP contribution is 2.37. The van der Waals surface area contributed by atoms with Crippen molar-refractivity contribution in [1.29, 1.82) is 0 Å². The molecule has 0 aliphatic rings. The van der Waals surface area contributed by atoms with Gasteiger partial charge >= 0.3 is 0 Å². The molecule has 7 aromatic carbocycles. The van der Waals surface area contributed by atoms with E-state index in [1.807, 2.05) is 18.2 Å². The molecule has 1 unspecified atom stereocenters. The third kappa shape index (κ3) is 4.49. The first-order valence-electron chi connectivity index (χ1n) is 13.8. The summed E-state index contributed by atoms with van der Waals surface area (Å²) in [7, 11) is 0. The van der Waals surface area contributed by atoms with E-state index < -0.39 is 0 Å². The highest BCUT2D eigenvalue weighted by Gasteiger charge is 2.16. The molecule has 3 N–H and O–H groups in total. The summed E-state index contributed by atoms with van der Waals surface area (Å²) in [5, 5.41) is 13.6. The van der Waals surface area contributed by atoms with Crippen LogP contribution >= 0.6 is 0 Å². The minimum Gasteiger partial charge on any atom is -0.366 e. The first kappa shape index (κ1) is 24.1. The quantitative estimate of drug-likeness (QED) is 0.132. The molecule has 0 spiro atoms. The molecule has 1 atom stereocenters. The summed E-state index contributed by atoms with van der Waals surface area (Å²) < 4.78 is 0. The summed E-state index contributed by atoms with van der Waals surface area (Å²) in [5.74, 6) is 0. The molecule has 0 aliphatic heterocycles. The molecule has 0 heterocycles. The molecular weight excluding hydrogens is 484 g/mol. The van der Waals surface area contributed by atoms with Gasteiger partial charge in [0.25, 0.3) is 0 Å². The second kappa shape index (κ2) is 10.3. The van der Waals surface area contributed by atoms with Crippen LogP contribution in [-0.4, -0.2) is 0 Å². The molecule has 0 fully saturated rings. The SMILES string of the molecule is NC(N/C(=C\Cc1ccc2ccccc2c1)c1c2ccccc2cc2c1ccc1ccccc12)c1ccccc1. The maximum Gasteiger partial charge on any atom is 0.101 e. The van der Waals surface area contributed by atoms with Crippen LogP contribution in [0.15, 0.2) is 146 Å². The molecule has 0 aliphatic carbocycles. The summed E-state index contributed by atoms with van der Waals surface area (Å²) in [4.78, 5) is 0. The van der Waals surface area contributed by atoms with Gasteiger partial charge in [0.1, 0.15) is 6.17 Å². The van der Waals surface area contributed by atoms with Gasteiger partial charge in [0.15, 0.2) is 0 Å². The van der Waals surface area contributed by atoms with Crippen molar-refractivity contribution >= 4 is 48.8 Å². The molecule has 0 radical (unpaired) electrons. The Balaban J connectivity index is 1.44. The van der Waals surface area contributed by atoms with E-state index in [2.05, 4.69) is 133 Å². The van der Waals surface area contributed by atoms with Gasteiger partial charge in [-0.15, -0.1) is 0 Å². The lowest BCUT2D eigenvalue weighted by atomic mass is 9.91. The molecule has 0 bridgehead atoms. The lowest BCUT2D eigenvalue weighted by molar-refractivity contribution is 0.666. The normalized spacial score (nSPS) is 12.8. The Morgan fingerprint density at radius 3 is 2.02 bits per heavy atom. The van der Waals surface area contributed by atoms with Crippen LogP contribution in [0.25, 0.3) is 48.8 Å². The van der Waals surface area contributed by atoms with Gasteiger partial charge in [0.2, 0.25) is 0 Å². The van der Waals surface area contributed by atoms with Crippen molar-refractivity contribution in [2.45, 2.75) is 12.6 Å². The van der Waals surface area contributed by atoms with E-state index in [9.17, 15) is 0 Å². The molecule has 0 saturated heterocycles. The predicted molar refractivity (Wildman–Crippen MR) is 171 cm³/mol. The molecule has 7 aromatic rings. The lowest BCUT2D eigenvalue weighted by Gasteiger charge is -2.22. The molecule has 0 amide bonds. The summed E-state index contributed by atoms with van der Waals surface area (Å²) >= 11 is 0. The highest BCUT2D eigenvalue weighted by molar-refractivity contribution is 6.17. The van der Waals surface area contributed by atoms with Crippen LogP contribution in [0.2, 0.25) is 0 Å². The smallest absolute Gasteiger partial charge is 0.101 e. The van der Waals surface area contributed by atoms with Gasteiger partial charge in [0.05, 0.1) is 0 Å². The second-order valence-corrected chi connectivity index (χ2v) is 10.4. The van der Waals surface area contributed by atoms with E-state index in [1.165, 1.54) is 54.2 Å². The van der Waals surface area contributed by atoms with Crippen molar-refractivity contribution < 1.29 is 0 Å². The molecule has 40 heavy (non-hydrogen) atoms. The van der Waals surface area contributed by atoms with Crippen LogP contribution in [0.4, 0.5) is 0 Å². The largest absolute Gasteiger partial charge is 0.366 e. The van der Waals surface area contributed by atoms with E-state index in [0.717, 1.165) is 17.7 Å². The fraction of sp³-hybridized carbons (Fsp3) is 0.0526. The summed E-state index contributed by atoms with van der Waals surface area (Å²) in [6.07, 6.45) is 2.74. The van der Waals surface area contributed by atoms with Gasteiger partial charge < -0.3 is 11.1 Å². The zero-order chi connectivity index (χ0) is 26.9. The average Bonchev–Trinajstić information content (AvgIpc) is 3.02. The zero-order valence-corrected chi connectivity index (χ0v) is 22.2. The van der Waals surface area contributed by atoms with Gasteiger partial charge in [-0.25, -0.2) is 0 Å². The number of benzene rings is 7. The van der Waals surface area contributed by atoms with Crippen LogP contribution in [0.1, 0.15) is 22.9 Å². The third-order valence-electron chi connectivity index (χ3n) is 7.86. The van der Waals surface area contributed by atoms with E-state index in [4.69, 9.17) is 5.73 Å². The van der Waals surface area contributed by atoms with Gasteiger partial charge in [-0.05, 0) is 66.7 Å². The van der Waals surface area contributed by atoms with Gasteiger partial charge in [-0.3, -0.25) is 0 Å². The van der Waals surface area contributed by atoms with Crippen molar-refractivity contribution in [3.63, 3.8) is 0 Å². The van der Waals surface area contributed by atoms with Gasteiger partial charge in [0, 0.05) is 11.3 Å². The predicted octanol–water partition coefficient (Wildman–Crippen LogP) is 9.13. The standard InChI is InChI=1S/C38H30N2/c39-38(29-12-2-1-3-13-29)40-36(23-19-26-18-20-27-10-4-5-14-30(27)24-26)37-33-17-9-7-15-31(33)25-35-32-16-8-6-11-28(32)21-22-34(35)37/h1-18,20-25,38,40H,19,39H2/b36-23-. The van der Waals surface area contributed by atoms with Crippen molar-refractivity contribution in [3.8, 4) is 0 Å². The highest BCUT2D eigenvalue weighted by atomic mass is 15.0. The molecule has 0 aromatic heterocycles. The molecule has 2 heteroatoms. The van der Waals surface area contributed by atoms with Crippen LogP contribution in [0.3, 0.4) is 0 Å². The fourth-order valence-electron chi connectivity index (χ4n) is 5.84. The van der Waals surface area contributed by atoms with Crippen molar-refractivity contribution in [1.82, 2.24) is 5.32 Å². The Morgan fingerprint density at radius 1 is 0.550 bits per heavy atom. The monoisotopic (exact) mass is 514 g/mol. The number of fused-ring (bicyclic) bond motifs is 5. The molecule has 192 valence electrons. The van der Waals surface area contributed by atoms with Crippen LogP contribution in [-0.2, 0) is 6.42 Å². The first-order valence-corrected chi connectivity index (χ1v) is 13.8. The van der Waals surface area contributed by atoms with Crippen molar-refractivity contribution in [3.05, 3.63) is 162 Å². The molecule has 0 saturated carbocycles. The molecule has 7 rings (SSSR count). The van der Waals surface area contributed by atoms with E-state index in [-0.39, 0.29) is 6.17 Å². The van der Waals surface area contributed by atoms with Gasteiger partial charge in [-0.2, -0.15) is 0 Å². The lowest BCUT2D eigenvalue weighted by Crippen LogP contribution is -2.27. The van der Waals surface area contributed by atoms with E-state index in [0.29, 0.717) is 0 Å². The Labute approximate surface area is 234 Å².